The first-order valence-electron chi connectivity index (χ1n) is 24.8. The van der Waals surface area contributed by atoms with Crippen LogP contribution < -0.4 is 14.7 Å². The van der Waals surface area contributed by atoms with Gasteiger partial charge in [-0.2, -0.15) is 10.5 Å². The van der Waals surface area contributed by atoms with Crippen molar-refractivity contribution < 1.29 is 8.83 Å². The molecule has 12 aromatic rings. The van der Waals surface area contributed by atoms with Crippen molar-refractivity contribution in [1.82, 2.24) is 0 Å². The van der Waals surface area contributed by atoms with Gasteiger partial charge in [0.15, 0.2) is 11.2 Å². The van der Waals surface area contributed by atoms with E-state index in [1.54, 1.807) is 0 Å². The monoisotopic (exact) mass is 937 g/mol. The molecule has 2 aliphatic rings. The van der Waals surface area contributed by atoms with Gasteiger partial charge in [-0.05, 0) is 72.5 Å². The molecule has 14 rings (SSSR count). The molecule has 0 N–H and O–H groups in total. The van der Waals surface area contributed by atoms with Crippen LogP contribution in [0.2, 0.25) is 0 Å². The molecule has 4 heterocycles. The molecule has 10 aromatic carbocycles. The van der Waals surface area contributed by atoms with Crippen LogP contribution in [0.5, 0.6) is 0 Å². The second-order valence-corrected chi connectivity index (χ2v) is 18.8. The smallest absolute Gasteiger partial charge is 0.159 e. The van der Waals surface area contributed by atoms with Crippen molar-refractivity contribution in [3.05, 3.63) is 247 Å². The Labute approximate surface area is 421 Å². The maximum absolute atomic E-state index is 12.2. The van der Waals surface area contributed by atoms with E-state index >= 15 is 0 Å². The van der Waals surface area contributed by atoms with Crippen molar-refractivity contribution >= 4 is 83.7 Å². The predicted molar refractivity (Wildman–Crippen MR) is 294 cm³/mol. The number of hydrogen-bond donors (Lipinski definition) is 0. The SMILES string of the molecule is N#Cc1c(C#N)c(N(c2ccccc2-c2ccccc2)c2cccc3c2oc2ccccc23)c2c(c1N(c1ccccc1-c1ccccc1)c1cccc3c1oc1ccccc13)C1CCC2N1c1ccccc1. The minimum Gasteiger partial charge on any atom is -0.454 e. The molecule has 1 saturated heterocycles. The summed E-state index contributed by atoms with van der Waals surface area (Å²) in [4.78, 5) is 7.01. The highest BCUT2D eigenvalue weighted by molar-refractivity contribution is 6.13. The molecular formula is C66H43N5O2. The molecule has 2 aromatic heterocycles. The molecule has 344 valence electrons. The van der Waals surface area contributed by atoms with Crippen LogP contribution in [0, 0.1) is 22.7 Å². The second kappa shape index (κ2) is 16.9. The van der Waals surface area contributed by atoms with E-state index in [2.05, 4.69) is 203 Å². The van der Waals surface area contributed by atoms with E-state index in [-0.39, 0.29) is 23.2 Å². The van der Waals surface area contributed by atoms with Crippen LogP contribution in [0.3, 0.4) is 0 Å². The Balaban J connectivity index is 1.16. The van der Waals surface area contributed by atoms with Gasteiger partial charge in [0, 0.05) is 49.5 Å². The van der Waals surface area contributed by atoms with Crippen molar-refractivity contribution in [2.45, 2.75) is 24.9 Å². The lowest BCUT2D eigenvalue weighted by Crippen LogP contribution is -2.22. The molecule has 0 amide bonds. The fraction of sp³-hybridized carbons (Fsp3) is 0.0606. The summed E-state index contributed by atoms with van der Waals surface area (Å²) in [5.74, 6) is 0. The van der Waals surface area contributed by atoms with E-state index in [1.807, 2.05) is 48.5 Å². The van der Waals surface area contributed by atoms with Crippen LogP contribution in [0.4, 0.5) is 39.8 Å². The van der Waals surface area contributed by atoms with E-state index < -0.39 is 0 Å². The molecule has 2 unspecified atom stereocenters. The first-order valence-corrected chi connectivity index (χ1v) is 24.8. The van der Waals surface area contributed by atoms with Crippen LogP contribution in [0.1, 0.15) is 47.2 Å². The van der Waals surface area contributed by atoms with Crippen LogP contribution in [-0.2, 0) is 0 Å². The van der Waals surface area contributed by atoms with E-state index in [9.17, 15) is 10.5 Å². The van der Waals surface area contributed by atoms with Gasteiger partial charge in [-0.3, -0.25) is 0 Å². The Kier molecular flexibility index (Phi) is 9.77. The van der Waals surface area contributed by atoms with Crippen molar-refractivity contribution in [3.8, 4) is 34.4 Å². The summed E-state index contributed by atoms with van der Waals surface area (Å²) >= 11 is 0. The van der Waals surface area contributed by atoms with Crippen LogP contribution in [-0.4, -0.2) is 0 Å². The number of nitriles is 2. The number of anilines is 7. The highest BCUT2D eigenvalue weighted by Gasteiger charge is 2.51. The highest BCUT2D eigenvalue weighted by Crippen LogP contribution is 2.65. The number of furan rings is 2. The summed E-state index contributed by atoms with van der Waals surface area (Å²) in [5, 5.41) is 28.3. The zero-order valence-corrected chi connectivity index (χ0v) is 39.5. The van der Waals surface area contributed by atoms with E-state index in [0.29, 0.717) is 22.5 Å². The van der Waals surface area contributed by atoms with Gasteiger partial charge in [0.1, 0.15) is 23.3 Å². The first kappa shape index (κ1) is 42.1. The van der Waals surface area contributed by atoms with Crippen molar-refractivity contribution in [2.24, 2.45) is 0 Å². The van der Waals surface area contributed by atoms with Crippen molar-refractivity contribution in [3.63, 3.8) is 0 Å². The third kappa shape index (κ3) is 6.43. The Morgan fingerprint density at radius 3 is 1.21 bits per heavy atom. The molecule has 2 aliphatic heterocycles. The number of rotatable bonds is 9. The molecule has 0 saturated carbocycles. The zero-order chi connectivity index (χ0) is 48.6. The normalized spacial score (nSPS) is 14.7. The molecule has 0 aliphatic carbocycles. The Bertz CT molecular complexity index is 3970. The lowest BCUT2D eigenvalue weighted by Gasteiger charge is -2.36. The fourth-order valence-electron chi connectivity index (χ4n) is 12.1. The van der Waals surface area contributed by atoms with Crippen LogP contribution in [0.15, 0.2) is 233 Å². The van der Waals surface area contributed by atoms with Gasteiger partial charge in [-0.15, -0.1) is 0 Å². The van der Waals surface area contributed by atoms with Gasteiger partial charge >= 0.3 is 0 Å². The van der Waals surface area contributed by atoms with Crippen LogP contribution in [0.25, 0.3) is 66.1 Å². The molecule has 0 radical (unpaired) electrons. The number of nitrogens with zero attached hydrogens (tertiary/aromatic N) is 5. The largest absolute Gasteiger partial charge is 0.454 e. The maximum atomic E-state index is 12.2. The van der Waals surface area contributed by atoms with Crippen molar-refractivity contribution in [2.75, 3.05) is 14.7 Å². The summed E-state index contributed by atoms with van der Waals surface area (Å²) in [7, 11) is 0. The first-order chi connectivity index (χ1) is 36.2. The summed E-state index contributed by atoms with van der Waals surface area (Å²) in [6.45, 7) is 0. The topological polar surface area (TPSA) is 83.6 Å². The minimum atomic E-state index is -0.175. The summed E-state index contributed by atoms with van der Waals surface area (Å²) in [5.41, 5.74) is 15.0. The Hall–Kier alpha value is -9.82. The average molecular weight is 938 g/mol. The Morgan fingerprint density at radius 2 is 0.753 bits per heavy atom. The average Bonchev–Trinajstić information content (AvgIpc) is 4.30. The fourth-order valence-corrected chi connectivity index (χ4v) is 12.1. The lowest BCUT2D eigenvalue weighted by atomic mass is 9.82. The van der Waals surface area contributed by atoms with E-state index in [0.717, 1.165) is 107 Å². The van der Waals surface area contributed by atoms with Gasteiger partial charge in [0.2, 0.25) is 0 Å². The molecule has 7 nitrogen and oxygen atoms in total. The Morgan fingerprint density at radius 1 is 0.384 bits per heavy atom. The molecule has 2 bridgehead atoms. The van der Waals surface area contributed by atoms with Gasteiger partial charge in [0.25, 0.3) is 0 Å². The molecular weight excluding hydrogens is 895 g/mol. The zero-order valence-electron chi connectivity index (χ0n) is 39.5. The van der Waals surface area contributed by atoms with E-state index in [1.165, 1.54) is 0 Å². The second-order valence-electron chi connectivity index (χ2n) is 18.8. The third-order valence-corrected chi connectivity index (χ3v) is 15.0. The number of para-hydroxylation sites is 7. The van der Waals surface area contributed by atoms with Crippen molar-refractivity contribution in [1.29, 1.82) is 10.5 Å². The minimum absolute atomic E-state index is 0.175. The van der Waals surface area contributed by atoms with Gasteiger partial charge in [-0.1, -0.05) is 176 Å². The van der Waals surface area contributed by atoms with Crippen LogP contribution >= 0.6 is 0 Å². The molecule has 7 heteroatoms. The standard InChI is InChI=1S/C66H43N5O2/c67-40-51-52(41-68)64(71(54-33-15-11-27-46(54)43-22-6-2-7-23-43)58-35-19-31-50-48-29-13-17-37-60(48)73-66(50)58)62-56-39-38-55(69(56)44-24-8-3-9-25-44)61(62)63(51)70(53-32-14-10-26-45(53)42-20-4-1-5-21-42)57-34-18-30-49-47-28-12-16-36-59(47)72-65(49)57/h1-37,55-56H,38-39H2. The maximum Gasteiger partial charge on any atom is 0.159 e. The van der Waals surface area contributed by atoms with Gasteiger partial charge in [-0.25, -0.2) is 0 Å². The summed E-state index contributed by atoms with van der Waals surface area (Å²) in [6, 6.07) is 82.1. The van der Waals surface area contributed by atoms with Gasteiger partial charge < -0.3 is 23.5 Å². The predicted octanol–water partition coefficient (Wildman–Crippen LogP) is 17.9. The van der Waals surface area contributed by atoms with Gasteiger partial charge in [0.05, 0.1) is 57.3 Å². The summed E-state index contributed by atoms with van der Waals surface area (Å²) < 4.78 is 13.9. The number of hydrogen-bond acceptors (Lipinski definition) is 7. The molecule has 1 fully saturated rings. The summed E-state index contributed by atoms with van der Waals surface area (Å²) in [6.07, 6.45) is 1.66. The number of benzene rings is 10. The lowest BCUT2D eigenvalue weighted by molar-refractivity contribution is 0.668. The third-order valence-electron chi connectivity index (χ3n) is 15.0. The number of fused-ring (bicyclic) bond motifs is 11. The van der Waals surface area contributed by atoms with E-state index in [4.69, 9.17) is 8.83 Å². The molecule has 0 spiro atoms. The molecule has 73 heavy (non-hydrogen) atoms. The highest BCUT2D eigenvalue weighted by atomic mass is 16.3. The quantitative estimate of drug-likeness (QED) is 0.143. The molecule has 2 atom stereocenters.